The van der Waals surface area contributed by atoms with Crippen LogP contribution < -0.4 is 10.2 Å². The number of esters is 2. The molecule has 0 aliphatic heterocycles. The average molecular weight is 580 g/mol. The molecule has 0 atom stereocenters. The van der Waals surface area contributed by atoms with Crippen LogP contribution >= 0.6 is 0 Å². The minimum Gasteiger partial charge on any atom is -0.545 e. The van der Waals surface area contributed by atoms with Gasteiger partial charge in [0.1, 0.15) is 0 Å². The van der Waals surface area contributed by atoms with E-state index in [0.29, 0.717) is 13.2 Å². The Hall–Kier alpha value is -2.11. The van der Waals surface area contributed by atoms with Crippen LogP contribution in [0.4, 0.5) is 0 Å². The zero-order valence-electron chi connectivity index (χ0n) is 18.8. The molecule has 0 saturated carbocycles. The van der Waals surface area contributed by atoms with Crippen molar-refractivity contribution < 1.29 is 38.9 Å². The van der Waals surface area contributed by atoms with Crippen LogP contribution in [0, 0.1) is 0 Å². The van der Waals surface area contributed by atoms with E-state index in [1.54, 1.807) is 12.1 Å². The number of unbranched alkanes of at least 4 members (excludes halogenated alkanes) is 2. The SMILES string of the molecule is CCCCOC(=O)c1ccccc1C(=O)[O-].CCCCOC(=O)c1ccccc1C(=O)[O-].[Ba+2]. The van der Waals surface area contributed by atoms with E-state index >= 15 is 0 Å². The van der Waals surface area contributed by atoms with Crippen molar-refractivity contribution in [3.63, 3.8) is 0 Å². The summed E-state index contributed by atoms with van der Waals surface area (Å²) in [5, 5.41) is 21.5. The molecule has 0 N–H and O–H groups in total. The zero-order chi connectivity index (χ0) is 23.9. The largest absolute Gasteiger partial charge is 2.00 e. The van der Waals surface area contributed by atoms with Crippen molar-refractivity contribution in [3.05, 3.63) is 70.8 Å². The van der Waals surface area contributed by atoms with Gasteiger partial charge in [-0.1, -0.05) is 63.1 Å². The monoisotopic (exact) mass is 580 g/mol. The molecule has 9 heteroatoms. The van der Waals surface area contributed by atoms with Crippen LogP contribution in [0.5, 0.6) is 0 Å². The number of rotatable bonds is 10. The zero-order valence-corrected chi connectivity index (χ0v) is 23.3. The van der Waals surface area contributed by atoms with Crippen LogP contribution in [0.15, 0.2) is 48.5 Å². The Kier molecular flexibility index (Phi) is 16.3. The van der Waals surface area contributed by atoms with Crippen LogP contribution in [0.1, 0.15) is 81.0 Å². The normalized spacial score (nSPS) is 9.52. The van der Waals surface area contributed by atoms with E-state index in [2.05, 4.69) is 0 Å². The van der Waals surface area contributed by atoms with Gasteiger partial charge in [0.05, 0.1) is 36.3 Å². The summed E-state index contributed by atoms with van der Waals surface area (Å²) in [7, 11) is 0. The number of hydrogen-bond donors (Lipinski definition) is 0. The quantitative estimate of drug-likeness (QED) is 0.236. The van der Waals surface area contributed by atoms with E-state index in [1.807, 2.05) is 13.8 Å². The van der Waals surface area contributed by atoms with E-state index in [1.165, 1.54) is 36.4 Å². The second-order valence-corrected chi connectivity index (χ2v) is 6.65. The number of hydrogen-bond acceptors (Lipinski definition) is 8. The Balaban J connectivity index is 0.000000602. The molecule has 0 aliphatic carbocycles. The number of carbonyl (C=O) groups excluding carboxylic acids is 4. The van der Waals surface area contributed by atoms with Crippen LogP contribution in [0.3, 0.4) is 0 Å². The smallest absolute Gasteiger partial charge is 0.545 e. The van der Waals surface area contributed by atoms with Gasteiger partial charge < -0.3 is 29.3 Å². The molecule has 0 fully saturated rings. The van der Waals surface area contributed by atoms with Gasteiger partial charge in [-0.15, -0.1) is 0 Å². The molecular formula is C24H26BaO8. The summed E-state index contributed by atoms with van der Waals surface area (Å²) in [5.74, 6) is -3.98. The standard InChI is InChI=1S/2C12H14O4.Ba/c2*1-2-3-8-16-12(15)10-7-5-4-6-9(10)11(13)14;/h2*4-7H,2-3,8H2,1H3,(H,13,14);/q;;+2/p-2. The van der Waals surface area contributed by atoms with Crippen LogP contribution in [0.25, 0.3) is 0 Å². The number of carboxylic acids is 2. The number of carboxylic acid groups (broad SMARTS) is 2. The Morgan fingerprint density at radius 1 is 0.636 bits per heavy atom. The molecule has 0 saturated heterocycles. The molecular weight excluding hydrogens is 554 g/mol. The molecule has 8 nitrogen and oxygen atoms in total. The molecule has 172 valence electrons. The maximum absolute atomic E-state index is 11.5. The first-order valence-electron chi connectivity index (χ1n) is 10.3. The topological polar surface area (TPSA) is 133 Å². The van der Waals surface area contributed by atoms with Crippen LogP contribution in [-0.2, 0) is 9.47 Å². The van der Waals surface area contributed by atoms with Gasteiger partial charge in [-0.2, -0.15) is 0 Å². The average Bonchev–Trinajstić information content (AvgIpc) is 2.79. The van der Waals surface area contributed by atoms with Gasteiger partial charge in [0.25, 0.3) is 0 Å². The van der Waals surface area contributed by atoms with Crippen LogP contribution in [0.2, 0.25) is 0 Å². The third-order valence-electron chi connectivity index (χ3n) is 4.20. The first-order valence-corrected chi connectivity index (χ1v) is 10.3. The molecule has 0 spiro atoms. The fourth-order valence-corrected chi connectivity index (χ4v) is 2.45. The Bertz CT molecular complexity index is 851. The molecule has 0 unspecified atom stereocenters. The van der Waals surface area contributed by atoms with E-state index in [0.717, 1.165) is 25.7 Å². The van der Waals surface area contributed by atoms with Gasteiger partial charge in [-0.05, 0) is 25.0 Å². The first kappa shape index (κ1) is 30.9. The van der Waals surface area contributed by atoms with E-state index in [4.69, 9.17) is 9.47 Å². The summed E-state index contributed by atoms with van der Waals surface area (Å²) in [4.78, 5) is 44.5. The van der Waals surface area contributed by atoms with E-state index in [-0.39, 0.29) is 71.1 Å². The molecule has 0 radical (unpaired) electrons. The maximum Gasteiger partial charge on any atom is 2.00 e. The Labute approximate surface area is 233 Å². The number of carbonyl (C=O) groups is 4. The van der Waals surface area contributed by atoms with Crippen molar-refractivity contribution in [1.82, 2.24) is 0 Å². The molecule has 0 aliphatic rings. The minimum atomic E-state index is -1.37. The Morgan fingerprint density at radius 2 is 0.939 bits per heavy atom. The van der Waals surface area contributed by atoms with Crippen molar-refractivity contribution in [2.45, 2.75) is 39.5 Å². The third-order valence-corrected chi connectivity index (χ3v) is 4.20. The second kappa shape index (κ2) is 17.4. The number of ether oxygens (including phenoxy) is 2. The molecule has 0 heterocycles. The van der Waals surface area contributed by atoms with Gasteiger partial charge in [0.2, 0.25) is 0 Å². The van der Waals surface area contributed by atoms with Crippen molar-refractivity contribution in [2.24, 2.45) is 0 Å². The first-order chi connectivity index (χ1) is 15.3. The molecule has 0 amide bonds. The van der Waals surface area contributed by atoms with Gasteiger partial charge in [-0.3, -0.25) is 0 Å². The molecule has 2 aromatic rings. The summed E-state index contributed by atoms with van der Waals surface area (Å²) >= 11 is 0. The van der Waals surface area contributed by atoms with Crippen molar-refractivity contribution in [2.75, 3.05) is 13.2 Å². The van der Waals surface area contributed by atoms with Crippen molar-refractivity contribution in [1.29, 1.82) is 0 Å². The number of aromatic carboxylic acids is 2. The van der Waals surface area contributed by atoms with Crippen molar-refractivity contribution >= 4 is 72.8 Å². The van der Waals surface area contributed by atoms with Gasteiger partial charge in [-0.25, -0.2) is 9.59 Å². The van der Waals surface area contributed by atoms with Gasteiger partial charge in [0.15, 0.2) is 0 Å². The summed E-state index contributed by atoms with van der Waals surface area (Å²) in [6.07, 6.45) is 3.35. The van der Waals surface area contributed by atoms with Gasteiger partial charge in [0, 0.05) is 11.1 Å². The Morgan fingerprint density at radius 3 is 1.21 bits per heavy atom. The van der Waals surface area contributed by atoms with Crippen molar-refractivity contribution in [3.8, 4) is 0 Å². The van der Waals surface area contributed by atoms with Crippen LogP contribution in [-0.4, -0.2) is 86.0 Å². The second-order valence-electron chi connectivity index (χ2n) is 6.65. The summed E-state index contributed by atoms with van der Waals surface area (Å²) in [6.45, 7) is 4.55. The molecule has 0 aromatic heterocycles. The van der Waals surface area contributed by atoms with E-state index in [9.17, 15) is 29.4 Å². The molecule has 2 aromatic carbocycles. The maximum atomic E-state index is 11.5. The predicted octanol–water partition coefficient (Wildman–Crippen LogP) is 1.63. The third kappa shape index (κ3) is 11.0. The summed E-state index contributed by atoms with van der Waals surface area (Å²) in [5.41, 5.74) is -0.190. The van der Waals surface area contributed by atoms with Gasteiger partial charge >= 0.3 is 60.8 Å². The minimum absolute atomic E-state index is 0. The fourth-order valence-electron chi connectivity index (χ4n) is 2.45. The fraction of sp³-hybridized carbons (Fsp3) is 0.333. The van der Waals surface area contributed by atoms with E-state index < -0.39 is 23.9 Å². The number of benzene rings is 2. The molecule has 0 bridgehead atoms. The summed E-state index contributed by atoms with van der Waals surface area (Å²) < 4.78 is 9.86. The summed E-state index contributed by atoms with van der Waals surface area (Å²) in [6, 6.07) is 11.7. The molecule has 33 heavy (non-hydrogen) atoms. The predicted molar refractivity (Wildman–Crippen MR) is 118 cm³/mol. The molecule has 2 rings (SSSR count).